The lowest BCUT2D eigenvalue weighted by molar-refractivity contribution is 0.0398. The highest BCUT2D eigenvalue weighted by molar-refractivity contribution is 7.80. The molecule has 0 aromatic heterocycles. The van der Waals surface area contributed by atoms with Gasteiger partial charge in [0.2, 0.25) is 0 Å². The fourth-order valence-corrected chi connectivity index (χ4v) is 2.40. The van der Waals surface area contributed by atoms with Crippen LogP contribution in [0.15, 0.2) is 18.2 Å². The van der Waals surface area contributed by atoms with Crippen molar-refractivity contribution in [1.82, 2.24) is 4.90 Å². The molecule has 1 aliphatic heterocycles. The molecule has 0 radical (unpaired) electrons. The minimum absolute atomic E-state index is 0.380. The third-order valence-corrected chi connectivity index (χ3v) is 3.55. The number of nitrogens with one attached hydrogen (secondary N) is 1. The molecule has 0 amide bonds. The predicted octanol–water partition coefficient (Wildman–Crippen LogP) is 1.72. The minimum atomic E-state index is 0.380. The van der Waals surface area contributed by atoms with E-state index in [1.807, 2.05) is 12.1 Å². The summed E-state index contributed by atoms with van der Waals surface area (Å²) < 4.78 is 5.32. The molecule has 3 N–H and O–H groups in total. The molecule has 1 fully saturated rings. The van der Waals surface area contributed by atoms with Crippen molar-refractivity contribution in [2.75, 3.05) is 44.7 Å². The molecule has 0 saturated carbocycles. The average molecular weight is 300 g/mol. The van der Waals surface area contributed by atoms with Crippen LogP contribution in [0.4, 0.5) is 5.69 Å². The normalized spacial score (nSPS) is 16.3. The molecule has 0 bridgehead atoms. The van der Waals surface area contributed by atoms with Crippen LogP contribution in [0.1, 0.15) is 5.56 Å². The SMILES string of the molecule is NC(=S)c1ccc(Cl)cc1NCCN1CCOCC1. The van der Waals surface area contributed by atoms with Gasteiger partial charge >= 0.3 is 0 Å². The van der Waals surface area contributed by atoms with Crippen LogP contribution in [0.2, 0.25) is 5.02 Å². The first-order chi connectivity index (χ1) is 9.16. The quantitative estimate of drug-likeness (QED) is 0.811. The molecule has 6 heteroatoms. The molecule has 2 rings (SSSR count). The third-order valence-electron chi connectivity index (χ3n) is 3.09. The van der Waals surface area contributed by atoms with Crippen LogP contribution >= 0.6 is 23.8 Å². The largest absolute Gasteiger partial charge is 0.389 e. The molecule has 1 aliphatic rings. The lowest BCUT2D eigenvalue weighted by atomic mass is 10.1. The highest BCUT2D eigenvalue weighted by Crippen LogP contribution is 2.20. The van der Waals surface area contributed by atoms with Crippen molar-refractivity contribution in [3.05, 3.63) is 28.8 Å². The van der Waals surface area contributed by atoms with Gasteiger partial charge in [0, 0.05) is 42.5 Å². The number of ether oxygens (including phenoxy) is 1. The van der Waals surface area contributed by atoms with E-state index in [1.54, 1.807) is 6.07 Å². The van der Waals surface area contributed by atoms with Gasteiger partial charge < -0.3 is 15.8 Å². The number of morpholine rings is 1. The summed E-state index contributed by atoms with van der Waals surface area (Å²) in [6, 6.07) is 5.50. The van der Waals surface area contributed by atoms with E-state index in [9.17, 15) is 0 Å². The molecule has 0 spiro atoms. The molecule has 1 aromatic rings. The van der Waals surface area contributed by atoms with Crippen molar-refractivity contribution in [3.63, 3.8) is 0 Å². The summed E-state index contributed by atoms with van der Waals surface area (Å²) in [6.07, 6.45) is 0. The van der Waals surface area contributed by atoms with Gasteiger partial charge in [0.25, 0.3) is 0 Å². The smallest absolute Gasteiger partial charge is 0.106 e. The number of halogens is 1. The Balaban J connectivity index is 1.91. The highest BCUT2D eigenvalue weighted by atomic mass is 35.5. The fourth-order valence-electron chi connectivity index (χ4n) is 2.05. The van der Waals surface area contributed by atoms with Crippen LogP contribution in [0.5, 0.6) is 0 Å². The molecule has 104 valence electrons. The topological polar surface area (TPSA) is 50.5 Å². The van der Waals surface area contributed by atoms with Crippen LogP contribution in [0, 0.1) is 0 Å². The number of rotatable bonds is 5. The van der Waals surface area contributed by atoms with E-state index < -0.39 is 0 Å². The van der Waals surface area contributed by atoms with Crippen LogP contribution in [0.25, 0.3) is 0 Å². The molecule has 4 nitrogen and oxygen atoms in total. The van der Waals surface area contributed by atoms with E-state index in [1.165, 1.54) is 0 Å². The number of nitrogens with two attached hydrogens (primary N) is 1. The summed E-state index contributed by atoms with van der Waals surface area (Å²) in [4.78, 5) is 2.74. The van der Waals surface area contributed by atoms with Gasteiger partial charge in [-0.3, -0.25) is 4.90 Å². The predicted molar refractivity (Wildman–Crippen MR) is 83.1 cm³/mol. The summed E-state index contributed by atoms with van der Waals surface area (Å²) in [6.45, 7) is 5.39. The summed E-state index contributed by atoms with van der Waals surface area (Å²) >= 11 is 11.0. The van der Waals surface area contributed by atoms with Crippen molar-refractivity contribution in [2.45, 2.75) is 0 Å². The van der Waals surface area contributed by atoms with Crippen molar-refractivity contribution in [1.29, 1.82) is 0 Å². The molecule has 1 saturated heterocycles. The van der Waals surface area contributed by atoms with Crippen LogP contribution in [0.3, 0.4) is 0 Å². The molecule has 1 aromatic carbocycles. The number of anilines is 1. The summed E-state index contributed by atoms with van der Waals surface area (Å²) in [5.74, 6) is 0. The number of thiocarbonyl (C=S) groups is 1. The summed E-state index contributed by atoms with van der Waals surface area (Å²) in [5.41, 5.74) is 7.43. The Hall–Kier alpha value is -0.880. The zero-order chi connectivity index (χ0) is 13.7. The molecule has 19 heavy (non-hydrogen) atoms. The molecule has 1 heterocycles. The van der Waals surface area contributed by atoms with E-state index in [4.69, 9.17) is 34.3 Å². The maximum atomic E-state index is 6.00. The number of hydrogen-bond acceptors (Lipinski definition) is 4. The first-order valence-corrected chi connectivity index (χ1v) is 7.09. The molecule has 0 unspecified atom stereocenters. The van der Waals surface area contributed by atoms with Gasteiger partial charge in [0.15, 0.2) is 0 Å². The van der Waals surface area contributed by atoms with Crippen LogP contribution in [-0.2, 0) is 4.74 Å². The van der Waals surface area contributed by atoms with Crippen molar-refractivity contribution in [3.8, 4) is 0 Å². The van der Waals surface area contributed by atoms with Gasteiger partial charge in [-0.2, -0.15) is 0 Å². The second-order valence-electron chi connectivity index (χ2n) is 4.43. The van der Waals surface area contributed by atoms with E-state index in [2.05, 4.69) is 10.2 Å². The van der Waals surface area contributed by atoms with Gasteiger partial charge in [0.05, 0.1) is 13.2 Å². The van der Waals surface area contributed by atoms with E-state index >= 15 is 0 Å². The van der Waals surface area contributed by atoms with Crippen LogP contribution in [-0.4, -0.2) is 49.3 Å². The van der Waals surface area contributed by atoms with Gasteiger partial charge in [-0.05, 0) is 18.2 Å². The zero-order valence-electron chi connectivity index (χ0n) is 10.7. The first-order valence-electron chi connectivity index (χ1n) is 6.30. The van der Waals surface area contributed by atoms with Gasteiger partial charge in [-0.1, -0.05) is 23.8 Å². The Kier molecular flexibility index (Phi) is 5.39. The molecular weight excluding hydrogens is 282 g/mol. The summed E-state index contributed by atoms with van der Waals surface area (Å²) in [7, 11) is 0. The Labute approximate surface area is 123 Å². The fraction of sp³-hybridized carbons (Fsp3) is 0.462. The van der Waals surface area contributed by atoms with Gasteiger partial charge in [-0.15, -0.1) is 0 Å². The monoisotopic (exact) mass is 299 g/mol. The van der Waals surface area contributed by atoms with E-state index in [0.29, 0.717) is 10.0 Å². The van der Waals surface area contributed by atoms with Crippen molar-refractivity contribution < 1.29 is 4.74 Å². The first kappa shape index (κ1) is 14.5. The Morgan fingerprint density at radius 3 is 2.84 bits per heavy atom. The lowest BCUT2D eigenvalue weighted by Gasteiger charge is -2.26. The van der Waals surface area contributed by atoms with E-state index in [-0.39, 0.29) is 0 Å². The molecule has 0 aliphatic carbocycles. The second kappa shape index (κ2) is 7.05. The Bertz CT molecular complexity index is 450. The molecule has 0 atom stereocenters. The molecular formula is C13H18ClN3OS. The van der Waals surface area contributed by atoms with Crippen LogP contribution < -0.4 is 11.1 Å². The summed E-state index contributed by atoms with van der Waals surface area (Å²) in [5, 5.41) is 4.02. The maximum Gasteiger partial charge on any atom is 0.106 e. The number of hydrogen-bond donors (Lipinski definition) is 2. The third kappa shape index (κ3) is 4.31. The Morgan fingerprint density at radius 1 is 1.42 bits per heavy atom. The second-order valence-corrected chi connectivity index (χ2v) is 5.31. The highest BCUT2D eigenvalue weighted by Gasteiger charge is 2.10. The van der Waals surface area contributed by atoms with E-state index in [0.717, 1.165) is 50.6 Å². The Morgan fingerprint density at radius 2 is 2.16 bits per heavy atom. The maximum absolute atomic E-state index is 6.00. The van der Waals surface area contributed by atoms with Crippen molar-refractivity contribution >= 4 is 34.5 Å². The number of benzene rings is 1. The van der Waals surface area contributed by atoms with Gasteiger partial charge in [0.1, 0.15) is 4.99 Å². The number of nitrogens with zero attached hydrogens (tertiary/aromatic N) is 1. The minimum Gasteiger partial charge on any atom is -0.389 e. The zero-order valence-corrected chi connectivity index (χ0v) is 12.3. The van der Waals surface area contributed by atoms with Crippen molar-refractivity contribution in [2.24, 2.45) is 5.73 Å². The average Bonchev–Trinajstić information content (AvgIpc) is 2.39. The lowest BCUT2D eigenvalue weighted by Crippen LogP contribution is -2.39. The van der Waals surface area contributed by atoms with Gasteiger partial charge in [-0.25, -0.2) is 0 Å². The standard InChI is InChI=1S/C13H18ClN3OS/c14-10-1-2-11(13(15)19)12(9-10)16-3-4-17-5-7-18-8-6-17/h1-2,9,16H,3-8H2,(H2,15,19).